The van der Waals surface area contributed by atoms with Crippen molar-refractivity contribution in [3.63, 3.8) is 0 Å². The summed E-state index contributed by atoms with van der Waals surface area (Å²) in [5.74, 6) is 6.19. The molecule has 1 aromatic heterocycles. The van der Waals surface area contributed by atoms with Crippen LogP contribution in [0.3, 0.4) is 0 Å². The van der Waals surface area contributed by atoms with Gasteiger partial charge in [-0.05, 0) is 83.0 Å². The first-order valence-electron chi connectivity index (χ1n) is 13.7. The van der Waals surface area contributed by atoms with Gasteiger partial charge >= 0.3 is 6.18 Å². The van der Waals surface area contributed by atoms with Gasteiger partial charge in [-0.1, -0.05) is 12.0 Å². The Morgan fingerprint density at radius 3 is 2.44 bits per heavy atom. The number of anilines is 2. The largest absolute Gasteiger partial charge is 0.492 e. The van der Waals surface area contributed by atoms with Crippen molar-refractivity contribution in [1.29, 1.82) is 0 Å². The number of nitrogens with one attached hydrogen (secondary N) is 2. The Morgan fingerprint density at radius 2 is 1.80 bits per heavy atom. The standard InChI is InChI=1S/C30H37F3N4O3S/c1-5-40-29-19-24(41(4,38)39)15-16-27(29)34-17-7-8-23-18-25-26(35-21-11-13-22(14-12-21)36(2)3)9-6-10-28(25)37(23)20-30(31,32)33/h6,9-10,15-16,18-19,21-22,34-35H,5,11-14,17,20H2,1-4H3/t21-,22-. The molecule has 7 nitrogen and oxygen atoms in total. The number of aromatic nitrogens is 1. The number of fused-ring (bicyclic) bond motifs is 1. The van der Waals surface area contributed by atoms with Crippen LogP contribution in [0.25, 0.3) is 10.9 Å². The third-order valence-electron chi connectivity index (χ3n) is 7.33. The van der Waals surface area contributed by atoms with Crippen LogP contribution >= 0.6 is 0 Å². The van der Waals surface area contributed by atoms with Crippen LogP contribution in [-0.2, 0) is 16.4 Å². The molecule has 0 radical (unpaired) electrons. The Bertz CT molecular complexity index is 1530. The predicted molar refractivity (Wildman–Crippen MR) is 157 cm³/mol. The third kappa shape index (κ3) is 7.89. The number of hydrogen-bond donors (Lipinski definition) is 2. The van der Waals surface area contributed by atoms with Crippen molar-refractivity contribution in [3.05, 3.63) is 48.2 Å². The van der Waals surface area contributed by atoms with Crippen LogP contribution in [0.2, 0.25) is 0 Å². The van der Waals surface area contributed by atoms with E-state index in [0.29, 0.717) is 35.0 Å². The molecule has 11 heteroatoms. The molecule has 0 saturated heterocycles. The van der Waals surface area contributed by atoms with Crippen LogP contribution < -0.4 is 15.4 Å². The maximum Gasteiger partial charge on any atom is 0.406 e. The van der Waals surface area contributed by atoms with Crippen molar-refractivity contribution < 1.29 is 26.3 Å². The number of sulfone groups is 1. The summed E-state index contributed by atoms with van der Waals surface area (Å²) >= 11 is 0. The van der Waals surface area contributed by atoms with Gasteiger partial charge in [-0.25, -0.2) is 8.42 Å². The average Bonchev–Trinajstić information content (AvgIpc) is 3.24. The molecule has 41 heavy (non-hydrogen) atoms. The van der Waals surface area contributed by atoms with E-state index in [4.69, 9.17) is 4.74 Å². The zero-order valence-corrected chi connectivity index (χ0v) is 24.6. The summed E-state index contributed by atoms with van der Waals surface area (Å²) in [6, 6.07) is 12.4. The van der Waals surface area contributed by atoms with Crippen LogP contribution in [0.15, 0.2) is 47.4 Å². The van der Waals surface area contributed by atoms with E-state index < -0.39 is 22.6 Å². The van der Waals surface area contributed by atoms with Gasteiger partial charge in [0.05, 0.1) is 34.9 Å². The van der Waals surface area contributed by atoms with Crippen LogP contribution in [0, 0.1) is 11.8 Å². The van der Waals surface area contributed by atoms with Gasteiger partial charge in [0.2, 0.25) is 0 Å². The smallest absolute Gasteiger partial charge is 0.406 e. The van der Waals surface area contributed by atoms with Crippen molar-refractivity contribution in [1.82, 2.24) is 9.47 Å². The maximum absolute atomic E-state index is 13.6. The van der Waals surface area contributed by atoms with E-state index in [-0.39, 0.29) is 23.2 Å². The summed E-state index contributed by atoms with van der Waals surface area (Å²) in [7, 11) is 0.770. The number of rotatable bonds is 9. The van der Waals surface area contributed by atoms with Crippen molar-refractivity contribution in [2.75, 3.05) is 44.1 Å². The first kappa shape index (κ1) is 30.6. The van der Waals surface area contributed by atoms with Crippen molar-refractivity contribution in [2.45, 2.75) is 62.3 Å². The van der Waals surface area contributed by atoms with Crippen LogP contribution in [0.5, 0.6) is 5.75 Å². The van der Waals surface area contributed by atoms with Crippen LogP contribution in [-0.4, -0.2) is 69.6 Å². The molecule has 222 valence electrons. The third-order valence-corrected chi connectivity index (χ3v) is 8.44. The molecule has 0 aliphatic heterocycles. The lowest BCUT2D eigenvalue weighted by atomic mass is 9.90. The monoisotopic (exact) mass is 590 g/mol. The Labute approximate surface area is 240 Å². The van der Waals surface area contributed by atoms with E-state index in [1.165, 1.54) is 16.7 Å². The molecule has 1 aliphatic rings. The Morgan fingerprint density at radius 1 is 1.07 bits per heavy atom. The van der Waals surface area contributed by atoms with E-state index in [1.807, 2.05) is 6.07 Å². The Balaban J connectivity index is 1.57. The SMILES string of the molecule is CCOc1cc(S(C)(=O)=O)ccc1NCC#Cc1cc2c(N[C@H]3CC[C@H](N(C)C)CC3)cccc2n1CC(F)(F)F. The fourth-order valence-electron chi connectivity index (χ4n) is 5.25. The fourth-order valence-corrected chi connectivity index (χ4v) is 5.88. The van der Waals surface area contributed by atoms with E-state index in [1.54, 1.807) is 31.2 Å². The summed E-state index contributed by atoms with van der Waals surface area (Å²) in [6.45, 7) is 1.09. The van der Waals surface area contributed by atoms with E-state index in [0.717, 1.165) is 37.6 Å². The molecule has 1 fully saturated rings. The lowest BCUT2D eigenvalue weighted by molar-refractivity contribution is -0.140. The Kier molecular flexibility index (Phi) is 9.44. The number of alkyl halides is 3. The highest BCUT2D eigenvalue weighted by Crippen LogP contribution is 2.33. The molecule has 0 amide bonds. The molecule has 1 aliphatic carbocycles. The zero-order chi connectivity index (χ0) is 29.8. The molecule has 4 rings (SSSR count). The minimum Gasteiger partial charge on any atom is -0.492 e. The molecule has 0 unspecified atom stereocenters. The van der Waals surface area contributed by atoms with Crippen LogP contribution in [0.4, 0.5) is 24.5 Å². The van der Waals surface area contributed by atoms with Gasteiger partial charge in [0.1, 0.15) is 12.3 Å². The summed E-state index contributed by atoms with van der Waals surface area (Å²) in [5.41, 5.74) is 2.09. The van der Waals surface area contributed by atoms with Gasteiger partial charge in [-0.2, -0.15) is 13.2 Å². The number of ether oxygens (including phenoxy) is 1. The fraction of sp³-hybridized carbons (Fsp3) is 0.467. The number of hydrogen-bond acceptors (Lipinski definition) is 6. The second kappa shape index (κ2) is 12.7. The molecule has 2 N–H and O–H groups in total. The van der Waals surface area contributed by atoms with Crippen molar-refractivity contribution in [2.24, 2.45) is 0 Å². The molecule has 1 heterocycles. The molecule has 1 saturated carbocycles. The second-order valence-electron chi connectivity index (χ2n) is 10.6. The summed E-state index contributed by atoms with van der Waals surface area (Å²) in [6.07, 6.45) is 0.837. The summed E-state index contributed by atoms with van der Waals surface area (Å²) < 4.78 is 71.4. The zero-order valence-electron chi connectivity index (χ0n) is 23.8. The molecule has 3 aromatic rings. The van der Waals surface area contributed by atoms with Gasteiger partial charge in [0.15, 0.2) is 9.84 Å². The predicted octanol–water partition coefficient (Wildman–Crippen LogP) is 5.75. The minimum absolute atomic E-state index is 0.117. The number of benzene rings is 2. The summed E-state index contributed by atoms with van der Waals surface area (Å²) in [5, 5.41) is 7.37. The van der Waals surface area contributed by atoms with Gasteiger partial charge < -0.3 is 24.8 Å². The van der Waals surface area contributed by atoms with Gasteiger partial charge in [0.25, 0.3) is 0 Å². The van der Waals surface area contributed by atoms with Gasteiger partial charge in [0, 0.05) is 35.5 Å². The first-order chi connectivity index (χ1) is 19.4. The highest BCUT2D eigenvalue weighted by atomic mass is 32.2. The molecule has 2 aromatic carbocycles. The van der Waals surface area contributed by atoms with Gasteiger partial charge in [-0.3, -0.25) is 0 Å². The molecular formula is C30H37F3N4O3S. The lowest BCUT2D eigenvalue weighted by Gasteiger charge is -2.33. The van der Waals surface area contributed by atoms with Crippen molar-refractivity contribution >= 4 is 32.1 Å². The van der Waals surface area contributed by atoms with Crippen molar-refractivity contribution in [3.8, 4) is 17.6 Å². The maximum atomic E-state index is 13.6. The first-order valence-corrected chi connectivity index (χ1v) is 15.6. The highest BCUT2D eigenvalue weighted by Gasteiger charge is 2.30. The quantitative estimate of drug-likeness (QED) is 0.309. The van der Waals surface area contributed by atoms with E-state index >= 15 is 0 Å². The van der Waals surface area contributed by atoms with Gasteiger partial charge in [-0.15, -0.1) is 0 Å². The van der Waals surface area contributed by atoms with Crippen LogP contribution in [0.1, 0.15) is 38.3 Å². The lowest BCUT2D eigenvalue weighted by Crippen LogP contribution is -2.36. The highest BCUT2D eigenvalue weighted by molar-refractivity contribution is 7.90. The molecule has 0 spiro atoms. The summed E-state index contributed by atoms with van der Waals surface area (Å²) in [4.78, 5) is 2.38. The second-order valence-corrected chi connectivity index (χ2v) is 12.6. The van der Waals surface area contributed by atoms with E-state index in [2.05, 4.69) is 41.5 Å². The molecular weight excluding hydrogens is 553 g/mol. The Hall–Kier alpha value is -3.36. The normalized spacial score (nSPS) is 17.8. The number of halogens is 3. The minimum atomic E-state index is -4.41. The molecule has 0 atom stereocenters. The van der Waals surface area contributed by atoms with E-state index in [9.17, 15) is 21.6 Å². The topological polar surface area (TPSA) is 75.6 Å². The molecule has 0 bridgehead atoms. The number of nitrogens with zero attached hydrogens (tertiary/aromatic N) is 2. The average molecular weight is 591 g/mol.